The van der Waals surface area contributed by atoms with Crippen molar-refractivity contribution in [1.82, 2.24) is 14.5 Å². The summed E-state index contributed by atoms with van der Waals surface area (Å²) >= 11 is 5.87. The van der Waals surface area contributed by atoms with Crippen molar-refractivity contribution in [2.75, 3.05) is 26.7 Å². The summed E-state index contributed by atoms with van der Waals surface area (Å²) in [6.07, 6.45) is 1.91. The van der Waals surface area contributed by atoms with Crippen LogP contribution in [0.3, 0.4) is 0 Å². The highest BCUT2D eigenvalue weighted by atomic mass is 35.5. The quantitative estimate of drug-likeness (QED) is 0.703. The van der Waals surface area contributed by atoms with Crippen LogP contribution in [0.1, 0.15) is 35.7 Å². The average Bonchev–Trinajstić information content (AvgIpc) is 2.74. The first kappa shape index (κ1) is 22.7. The Bertz CT molecular complexity index is 954. The molecule has 2 aromatic carbocycles. The van der Waals surface area contributed by atoms with Crippen molar-refractivity contribution in [3.05, 3.63) is 64.7 Å². The lowest BCUT2D eigenvalue weighted by Crippen LogP contribution is -2.43. The van der Waals surface area contributed by atoms with Crippen LogP contribution in [0.5, 0.6) is 0 Å². The van der Waals surface area contributed by atoms with Crippen molar-refractivity contribution in [1.29, 1.82) is 0 Å². The minimum Gasteiger partial charge on any atom is -0.349 e. The zero-order valence-corrected chi connectivity index (χ0v) is 18.9. The predicted molar refractivity (Wildman–Crippen MR) is 119 cm³/mol. The third-order valence-electron chi connectivity index (χ3n) is 5.43. The van der Waals surface area contributed by atoms with E-state index in [9.17, 15) is 13.2 Å². The van der Waals surface area contributed by atoms with E-state index in [4.69, 9.17) is 11.6 Å². The number of benzene rings is 2. The molecular formula is C22H28ClN3O3S. The van der Waals surface area contributed by atoms with Crippen molar-refractivity contribution in [3.8, 4) is 0 Å². The number of nitrogens with zero attached hydrogens (tertiary/aromatic N) is 2. The summed E-state index contributed by atoms with van der Waals surface area (Å²) in [6.45, 7) is 4.34. The lowest BCUT2D eigenvalue weighted by Gasteiger charge is -2.29. The average molecular weight is 450 g/mol. The first-order valence-electron chi connectivity index (χ1n) is 10.1. The van der Waals surface area contributed by atoms with Gasteiger partial charge in [-0.05, 0) is 74.9 Å². The molecule has 2 aromatic rings. The van der Waals surface area contributed by atoms with Crippen molar-refractivity contribution in [2.45, 2.75) is 37.2 Å². The van der Waals surface area contributed by atoms with Crippen molar-refractivity contribution < 1.29 is 13.2 Å². The van der Waals surface area contributed by atoms with E-state index in [1.807, 2.05) is 12.1 Å². The number of halogens is 1. The molecule has 1 aliphatic rings. The Balaban J connectivity index is 1.65. The van der Waals surface area contributed by atoms with Crippen LogP contribution < -0.4 is 5.32 Å². The van der Waals surface area contributed by atoms with Crippen molar-refractivity contribution in [2.24, 2.45) is 0 Å². The van der Waals surface area contributed by atoms with E-state index in [0.29, 0.717) is 17.1 Å². The second-order valence-electron chi connectivity index (χ2n) is 7.63. The Hall–Kier alpha value is -1.93. The molecule has 8 heteroatoms. The molecule has 3 rings (SSSR count). The molecule has 0 spiro atoms. The third kappa shape index (κ3) is 5.60. The minimum atomic E-state index is -3.62. The number of hydrogen-bond donors (Lipinski definition) is 1. The molecule has 0 saturated carbocycles. The van der Waals surface area contributed by atoms with Crippen LogP contribution in [0.15, 0.2) is 53.4 Å². The Morgan fingerprint density at radius 1 is 1.10 bits per heavy atom. The third-order valence-corrected chi connectivity index (χ3v) is 7.62. The number of hydrogen-bond acceptors (Lipinski definition) is 4. The van der Waals surface area contributed by atoms with E-state index in [-0.39, 0.29) is 23.4 Å². The molecule has 0 atom stereocenters. The van der Waals surface area contributed by atoms with Gasteiger partial charge in [0.25, 0.3) is 5.91 Å². The monoisotopic (exact) mass is 449 g/mol. The van der Waals surface area contributed by atoms with E-state index >= 15 is 0 Å². The van der Waals surface area contributed by atoms with Crippen LogP contribution in [0.4, 0.5) is 0 Å². The summed E-state index contributed by atoms with van der Waals surface area (Å²) in [5, 5.41) is 3.59. The van der Waals surface area contributed by atoms with Gasteiger partial charge in [0, 0.05) is 29.7 Å². The van der Waals surface area contributed by atoms with Gasteiger partial charge in [-0.25, -0.2) is 8.42 Å². The van der Waals surface area contributed by atoms with Crippen LogP contribution in [0, 0.1) is 0 Å². The fourth-order valence-corrected chi connectivity index (χ4v) is 5.07. The van der Waals surface area contributed by atoms with Gasteiger partial charge in [0.05, 0.1) is 4.90 Å². The molecule has 30 heavy (non-hydrogen) atoms. The van der Waals surface area contributed by atoms with Gasteiger partial charge in [-0.1, -0.05) is 30.7 Å². The molecule has 1 heterocycles. The molecule has 1 saturated heterocycles. The second-order valence-corrected chi connectivity index (χ2v) is 10.0. The predicted octanol–water partition coefficient (Wildman–Crippen LogP) is 3.37. The zero-order chi connectivity index (χ0) is 21.7. The summed E-state index contributed by atoms with van der Waals surface area (Å²) in [5.41, 5.74) is 1.41. The molecule has 0 unspecified atom stereocenters. The Morgan fingerprint density at radius 2 is 1.70 bits per heavy atom. The molecule has 1 amide bonds. The summed E-state index contributed by atoms with van der Waals surface area (Å²) in [4.78, 5) is 15.0. The maximum Gasteiger partial charge on any atom is 0.251 e. The van der Waals surface area contributed by atoms with E-state index in [1.165, 1.54) is 16.4 Å². The number of piperidine rings is 1. The highest BCUT2D eigenvalue weighted by molar-refractivity contribution is 7.89. The highest BCUT2D eigenvalue weighted by Crippen LogP contribution is 2.20. The number of carbonyl (C=O) groups is 1. The van der Waals surface area contributed by atoms with Gasteiger partial charge >= 0.3 is 0 Å². The number of likely N-dealkylation sites (tertiary alicyclic amines) is 1. The van der Waals surface area contributed by atoms with E-state index in [0.717, 1.165) is 31.5 Å². The van der Waals surface area contributed by atoms with E-state index in [1.54, 1.807) is 31.2 Å². The molecule has 0 radical (unpaired) electrons. The molecule has 162 valence electrons. The van der Waals surface area contributed by atoms with Gasteiger partial charge in [-0.2, -0.15) is 4.31 Å². The molecule has 0 aliphatic carbocycles. The molecular weight excluding hydrogens is 422 g/mol. The number of carbonyl (C=O) groups excluding carboxylic acids is 1. The van der Waals surface area contributed by atoms with Gasteiger partial charge in [0.1, 0.15) is 0 Å². The molecule has 1 fully saturated rings. The van der Waals surface area contributed by atoms with Crippen molar-refractivity contribution >= 4 is 27.5 Å². The lowest BCUT2D eigenvalue weighted by atomic mass is 10.0. The normalized spacial score (nSPS) is 16.0. The van der Waals surface area contributed by atoms with Crippen LogP contribution >= 0.6 is 11.6 Å². The molecule has 0 bridgehead atoms. The summed E-state index contributed by atoms with van der Waals surface area (Å²) in [6, 6.07) is 13.5. The standard InChI is InChI=1S/C22H28ClN3O3S/c1-3-26(30(28,29)21-10-8-19(23)9-11-21)16-17-4-6-18(7-5-17)22(27)24-20-12-14-25(2)15-13-20/h4-11,20H,3,12-16H2,1-2H3,(H,24,27). The summed E-state index contributed by atoms with van der Waals surface area (Å²) < 4.78 is 27.2. The van der Waals surface area contributed by atoms with Gasteiger partial charge < -0.3 is 10.2 Å². The van der Waals surface area contributed by atoms with Crippen molar-refractivity contribution in [3.63, 3.8) is 0 Å². The maximum atomic E-state index is 12.9. The second kappa shape index (κ2) is 9.92. The highest BCUT2D eigenvalue weighted by Gasteiger charge is 2.23. The van der Waals surface area contributed by atoms with Gasteiger partial charge in [-0.15, -0.1) is 0 Å². The van der Waals surface area contributed by atoms with Crippen LogP contribution in [0.2, 0.25) is 5.02 Å². The van der Waals surface area contributed by atoms with Crippen LogP contribution in [0.25, 0.3) is 0 Å². The van der Waals surface area contributed by atoms with Crippen LogP contribution in [-0.2, 0) is 16.6 Å². The first-order valence-corrected chi connectivity index (χ1v) is 12.0. The fourth-order valence-electron chi connectivity index (χ4n) is 3.51. The topological polar surface area (TPSA) is 69.7 Å². The number of rotatable bonds is 7. The number of nitrogens with one attached hydrogen (secondary N) is 1. The first-order chi connectivity index (χ1) is 14.3. The Kier molecular flexibility index (Phi) is 7.52. The summed E-state index contributed by atoms with van der Waals surface area (Å²) in [5.74, 6) is -0.0859. The largest absolute Gasteiger partial charge is 0.349 e. The van der Waals surface area contributed by atoms with E-state index < -0.39 is 10.0 Å². The zero-order valence-electron chi connectivity index (χ0n) is 17.3. The molecule has 1 N–H and O–H groups in total. The maximum absolute atomic E-state index is 12.9. The molecule has 6 nitrogen and oxygen atoms in total. The lowest BCUT2D eigenvalue weighted by molar-refractivity contribution is 0.0917. The number of amides is 1. The molecule has 1 aliphatic heterocycles. The molecule has 0 aromatic heterocycles. The Morgan fingerprint density at radius 3 is 2.27 bits per heavy atom. The minimum absolute atomic E-state index is 0.0859. The summed E-state index contributed by atoms with van der Waals surface area (Å²) in [7, 11) is -1.54. The van der Waals surface area contributed by atoms with Gasteiger partial charge in [-0.3, -0.25) is 4.79 Å². The SMILES string of the molecule is CCN(Cc1ccc(C(=O)NC2CCN(C)CC2)cc1)S(=O)(=O)c1ccc(Cl)cc1. The Labute approximate surface area is 183 Å². The van der Waals surface area contributed by atoms with E-state index in [2.05, 4.69) is 17.3 Å². The smallest absolute Gasteiger partial charge is 0.251 e. The number of sulfonamides is 1. The van der Waals surface area contributed by atoms with Gasteiger partial charge in [0.2, 0.25) is 10.0 Å². The fraction of sp³-hybridized carbons (Fsp3) is 0.409. The van der Waals surface area contributed by atoms with Crippen LogP contribution in [-0.4, -0.2) is 56.3 Å². The van der Waals surface area contributed by atoms with Gasteiger partial charge in [0.15, 0.2) is 0 Å².